The van der Waals surface area contributed by atoms with E-state index in [1.165, 1.54) is 24.4 Å². The highest BCUT2D eigenvalue weighted by atomic mass is 35.5. The fourth-order valence-corrected chi connectivity index (χ4v) is 2.90. The summed E-state index contributed by atoms with van der Waals surface area (Å²) in [5.41, 5.74) is -1.48. The van der Waals surface area contributed by atoms with Crippen molar-refractivity contribution in [3.63, 3.8) is 0 Å². The van der Waals surface area contributed by atoms with Gasteiger partial charge in [-0.1, -0.05) is 35.3 Å². The first-order chi connectivity index (χ1) is 12.7. The first kappa shape index (κ1) is 19.4. The maximum absolute atomic E-state index is 13.5. The standard InChI is InChI=1S/C18H12Cl2F3N3O/c19-13-4-3-10(7-14(13)20)6-12-16(18(21,22)23)25-15(26-17(12)27)8-11-2-1-5-24-9-11/h1-5,7,9H,6,8H2,(H,25,26,27). The SMILES string of the molecule is O=c1[nH]c(Cc2cccnc2)nc(C(F)(F)F)c1Cc1ccc(Cl)c(Cl)c1. The van der Waals surface area contributed by atoms with Crippen LogP contribution in [0.25, 0.3) is 0 Å². The van der Waals surface area contributed by atoms with Crippen molar-refractivity contribution in [3.8, 4) is 0 Å². The molecule has 3 rings (SSSR count). The third kappa shape index (κ3) is 4.67. The van der Waals surface area contributed by atoms with Gasteiger partial charge in [0.1, 0.15) is 5.82 Å². The van der Waals surface area contributed by atoms with Crippen molar-refractivity contribution in [2.45, 2.75) is 19.0 Å². The third-order valence-electron chi connectivity index (χ3n) is 3.79. The van der Waals surface area contributed by atoms with E-state index in [-0.39, 0.29) is 28.7 Å². The zero-order valence-electron chi connectivity index (χ0n) is 13.6. The molecule has 2 aromatic heterocycles. The molecule has 0 amide bonds. The Bertz CT molecular complexity index is 1020. The lowest BCUT2D eigenvalue weighted by atomic mass is 10.0. The van der Waals surface area contributed by atoms with Gasteiger partial charge in [-0.3, -0.25) is 9.78 Å². The van der Waals surface area contributed by atoms with Crippen LogP contribution in [0.5, 0.6) is 0 Å². The van der Waals surface area contributed by atoms with E-state index in [9.17, 15) is 18.0 Å². The molecule has 0 spiro atoms. The van der Waals surface area contributed by atoms with Crippen LogP contribution in [0.1, 0.15) is 28.2 Å². The molecule has 0 aliphatic heterocycles. The lowest BCUT2D eigenvalue weighted by molar-refractivity contribution is -0.142. The zero-order valence-corrected chi connectivity index (χ0v) is 15.2. The Morgan fingerprint density at radius 3 is 2.44 bits per heavy atom. The number of rotatable bonds is 4. The molecule has 0 aliphatic rings. The third-order valence-corrected chi connectivity index (χ3v) is 4.53. The molecule has 0 radical (unpaired) electrons. The fraction of sp³-hybridized carbons (Fsp3) is 0.167. The van der Waals surface area contributed by atoms with Gasteiger partial charge in [0.15, 0.2) is 5.69 Å². The first-order valence-electron chi connectivity index (χ1n) is 7.76. The quantitative estimate of drug-likeness (QED) is 0.675. The number of pyridine rings is 1. The Kier molecular flexibility index (Phi) is 5.53. The Labute approximate surface area is 162 Å². The van der Waals surface area contributed by atoms with E-state index in [2.05, 4.69) is 15.0 Å². The van der Waals surface area contributed by atoms with Crippen LogP contribution in [0, 0.1) is 0 Å². The monoisotopic (exact) mass is 413 g/mol. The van der Waals surface area contributed by atoms with E-state index in [0.717, 1.165) is 0 Å². The number of alkyl halides is 3. The van der Waals surface area contributed by atoms with Gasteiger partial charge in [0.05, 0.1) is 15.6 Å². The van der Waals surface area contributed by atoms with Crippen molar-refractivity contribution in [1.29, 1.82) is 0 Å². The highest BCUT2D eigenvalue weighted by molar-refractivity contribution is 6.42. The molecule has 27 heavy (non-hydrogen) atoms. The van der Waals surface area contributed by atoms with Crippen LogP contribution in [0.2, 0.25) is 10.0 Å². The number of halogens is 5. The number of aromatic nitrogens is 3. The predicted molar refractivity (Wildman–Crippen MR) is 96.2 cm³/mol. The largest absolute Gasteiger partial charge is 0.433 e. The molecule has 0 unspecified atom stereocenters. The first-order valence-corrected chi connectivity index (χ1v) is 8.51. The summed E-state index contributed by atoms with van der Waals surface area (Å²) < 4.78 is 40.6. The summed E-state index contributed by atoms with van der Waals surface area (Å²) in [7, 11) is 0. The molecule has 2 heterocycles. The minimum Gasteiger partial charge on any atom is -0.310 e. The van der Waals surface area contributed by atoms with Crippen molar-refractivity contribution < 1.29 is 13.2 Å². The summed E-state index contributed by atoms with van der Waals surface area (Å²) in [5.74, 6) is -0.0850. The van der Waals surface area contributed by atoms with Crippen molar-refractivity contribution >= 4 is 23.2 Å². The molecular formula is C18H12Cl2F3N3O. The summed E-state index contributed by atoms with van der Waals surface area (Å²) >= 11 is 11.7. The van der Waals surface area contributed by atoms with Crippen LogP contribution in [0.15, 0.2) is 47.5 Å². The van der Waals surface area contributed by atoms with E-state index < -0.39 is 23.0 Å². The van der Waals surface area contributed by atoms with Gasteiger partial charge in [-0.05, 0) is 29.3 Å². The average Bonchev–Trinajstić information content (AvgIpc) is 2.60. The Morgan fingerprint density at radius 2 is 1.81 bits per heavy atom. The maximum Gasteiger partial charge on any atom is 0.433 e. The summed E-state index contributed by atoms with van der Waals surface area (Å²) in [6.45, 7) is 0. The van der Waals surface area contributed by atoms with Crippen LogP contribution in [0.3, 0.4) is 0 Å². The molecule has 140 valence electrons. The van der Waals surface area contributed by atoms with E-state index in [4.69, 9.17) is 23.2 Å². The molecule has 0 saturated heterocycles. The van der Waals surface area contributed by atoms with Crippen molar-refractivity contribution in [2.75, 3.05) is 0 Å². The minimum atomic E-state index is -4.77. The van der Waals surface area contributed by atoms with Gasteiger partial charge in [0.25, 0.3) is 5.56 Å². The second kappa shape index (κ2) is 7.70. The van der Waals surface area contributed by atoms with Crippen LogP contribution >= 0.6 is 23.2 Å². The lowest BCUT2D eigenvalue weighted by Gasteiger charge is -2.13. The molecule has 9 heteroatoms. The number of H-pyrrole nitrogens is 1. The maximum atomic E-state index is 13.5. The van der Waals surface area contributed by atoms with Gasteiger partial charge in [-0.15, -0.1) is 0 Å². The van der Waals surface area contributed by atoms with E-state index >= 15 is 0 Å². The summed E-state index contributed by atoms with van der Waals surface area (Å²) in [6, 6.07) is 7.73. The normalized spacial score (nSPS) is 11.6. The van der Waals surface area contributed by atoms with E-state index in [1.807, 2.05) is 0 Å². The Hall–Kier alpha value is -2.38. The summed E-state index contributed by atoms with van der Waals surface area (Å²) in [6.07, 6.45) is -1.98. The minimum absolute atomic E-state index is 0.0270. The van der Waals surface area contributed by atoms with Gasteiger partial charge >= 0.3 is 6.18 Å². The molecule has 4 nitrogen and oxygen atoms in total. The lowest BCUT2D eigenvalue weighted by Crippen LogP contribution is -2.25. The molecular weight excluding hydrogens is 402 g/mol. The van der Waals surface area contributed by atoms with Gasteiger partial charge in [0.2, 0.25) is 0 Å². The molecule has 0 fully saturated rings. The van der Waals surface area contributed by atoms with Crippen LogP contribution < -0.4 is 5.56 Å². The van der Waals surface area contributed by atoms with Gasteiger partial charge in [-0.25, -0.2) is 4.98 Å². The van der Waals surface area contributed by atoms with Gasteiger partial charge < -0.3 is 4.98 Å². The fourth-order valence-electron chi connectivity index (χ4n) is 2.58. The number of nitrogens with one attached hydrogen (secondary N) is 1. The van der Waals surface area contributed by atoms with Crippen molar-refractivity contribution in [2.24, 2.45) is 0 Å². The highest BCUT2D eigenvalue weighted by Crippen LogP contribution is 2.31. The topological polar surface area (TPSA) is 58.6 Å². The summed E-state index contributed by atoms with van der Waals surface area (Å²) in [4.78, 5) is 22.4. The average molecular weight is 414 g/mol. The molecule has 0 saturated carbocycles. The van der Waals surface area contributed by atoms with Crippen molar-refractivity contribution in [3.05, 3.63) is 91.3 Å². The van der Waals surface area contributed by atoms with Crippen molar-refractivity contribution in [1.82, 2.24) is 15.0 Å². The second-order valence-electron chi connectivity index (χ2n) is 5.80. The zero-order chi connectivity index (χ0) is 19.6. The molecule has 1 aromatic carbocycles. The highest BCUT2D eigenvalue weighted by Gasteiger charge is 2.37. The number of benzene rings is 1. The second-order valence-corrected chi connectivity index (χ2v) is 6.62. The number of aromatic amines is 1. The van der Waals surface area contributed by atoms with E-state index in [1.54, 1.807) is 18.3 Å². The van der Waals surface area contributed by atoms with Crippen LogP contribution in [0.4, 0.5) is 13.2 Å². The van der Waals surface area contributed by atoms with Gasteiger partial charge in [0, 0.05) is 25.2 Å². The van der Waals surface area contributed by atoms with Crippen LogP contribution in [-0.4, -0.2) is 15.0 Å². The Balaban J connectivity index is 2.02. The molecule has 0 atom stereocenters. The summed E-state index contributed by atoms with van der Waals surface area (Å²) in [5, 5.41) is 0.468. The molecule has 0 aliphatic carbocycles. The van der Waals surface area contributed by atoms with E-state index in [0.29, 0.717) is 11.1 Å². The number of hydrogen-bond donors (Lipinski definition) is 1. The van der Waals surface area contributed by atoms with Gasteiger partial charge in [-0.2, -0.15) is 13.2 Å². The molecule has 3 aromatic rings. The molecule has 0 bridgehead atoms. The Morgan fingerprint density at radius 1 is 1.04 bits per heavy atom. The van der Waals surface area contributed by atoms with Crippen LogP contribution in [-0.2, 0) is 19.0 Å². The number of nitrogens with zero attached hydrogens (tertiary/aromatic N) is 2. The molecule has 1 N–H and O–H groups in total. The predicted octanol–water partition coefficient (Wildman–Crippen LogP) is 4.67. The smallest absolute Gasteiger partial charge is 0.310 e. The number of hydrogen-bond acceptors (Lipinski definition) is 3.